The quantitative estimate of drug-likeness (QED) is 0.869. The normalized spacial score (nSPS) is 23.9. The molecule has 3 atom stereocenters. The summed E-state index contributed by atoms with van der Waals surface area (Å²) in [7, 11) is 2.04. The van der Waals surface area contributed by atoms with Crippen molar-refractivity contribution in [2.24, 2.45) is 0 Å². The van der Waals surface area contributed by atoms with Crippen LogP contribution in [0.15, 0.2) is 18.2 Å². The van der Waals surface area contributed by atoms with Crippen LogP contribution >= 0.6 is 11.6 Å². The van der Waals surface area contributed by atoms with Gasteiger partial charge in [0.25, 0.3) is 0 Å². The van der Waals surface area contributed by atoms with Gasteiger partial charge in [0, 0.05) is 13.1 Å². The molecule has 0 amide bonds. The maximum absolute atomic E-state index is 10.2. The van der Waals surface area contributed by atoms with Crippen molar-refractivity contribution in [1.82, 2.24) is 5.32 Å². The zero-order chi connectivity index (χ0) is 15.4. The lowest BCUT2D eigenvalue weighted by Gasteiger charge is -2.37. The highest BCUT2D eigenvalue weighted by molar-refractivity contribution is 6.33. The summed E-state index contributed by atoms with van der Waals surface area (Å²) in [6.45, 7) is 5.18. The monoisotopic (exact) mass is 310 g/mol. The van der Waals surface area contributed by atoms with Gasteiger partial charge in [-0.3, -0.25) is 0 Å². The fourth-order valence-electron chi connectivity index (χ4n) is 3.22. The molecule has 21 heavy (non-hydrogen) atoms. The van der Waals surface area contributed by atoms with E-state index in [0.717, 1.165) is 36.5 Å². The third kappa shape index (κ3) is 3.91. The molecule has 0 bridgehead atoms. The Morgan fingerprint density at radius 2 is 2.10 bits per heavy atom. The summed E-state index contributed by atoms with van der Waals surface area (Å²) in [6, 6.07) is 6.71. The molecule has 1 aliphatic carbocycles. The van der Waals surface area contributed by atoms with Crippen molar-refractivity contribution in [3.05, 3.63) is 28.8 Å². The number of rotatable bonds is 5. The van der Waals surface area contributed by atoms with Crippen molar-refractivity contribution in [1.29, 1.82) is 0 Å². The third-order valence-electron chi connectivity index (χ3n) is 4.55. The van der Waals surface area contributed by atoms with E-state index in [1.807, 2.05) is 13.1 Å². The number of halogens is 1. The van der Waals surface area contributed by atoms with Crippen LogP contribution in [0, 0.1) is 0 Å². The molecule has 1 aromatic carbocycles. The average Bonchev–Trinajstić information content (AvgIpc) is 2.47. The van der Waals surface area contributed by atoms with E-state index >= 15 is 0 Å². The maximum Gasteiger partial charge on any atom is 0.0743 e. The minimum Gasteiger partial charge on any atom is -0.391 e. The number of benzene rings is 1. The predicted octanol–water partition coefficient (Wildman–Crippen LogP) is 3.75. The second kappa shape index (κ2) is 7.48. The van der Waals surface area contributed by atoms with Gasteiger partial charge in [0.1, 0.15) is 0 Å². The van der Waals surface area contributed by atoms with Crippen LogP contribution in [0.2, 0.25) is 5.02 Å². The highest BCUT2D eigenvalue weighted by Crippen LogP contribution is 2.33. The van der Waals surface area contributed by atoms with Crippen molar-refractivity contribution in [2.75, 3.05) is 18.5 Å². The number of likely N-dealkylation sites (N-methyl/N-ethyl adjacent to an activating group) is 1. The van der Waals surface area contributed by atoms with Crippen LogP contribution in [0.25, 0.3) is 0 Å². The Balaban J connectivity index is 2.16. The van der Waals surface area contributed by atoms with E-state index < -0.39 is 0 Å². The van der Waals surface area contributed by atoms with Gasteiger partial charge in [-0.1, -0.05) is 37.4 Å². The fraction of sp³-hybridized carbons (Fsp3) is 0.647. The molecule has 2 N–H and O–H groups in total. The zero-order valence-electron chi connectivity index (χ0n) is 13.3. The third-order valence-corrected chi connectivity index (χ3v) is 4.86. The second-order valence-electron chi connectivity index (χ2n) is 6.02. The van der Waals surface area contributed by atoms with Gasteiger partial charge in [-0.2, -0.15) is 0 Å². The molecule has 0 spiro atoms. The van der Waals surface area contributed by atoms with E-state index in [1.165, 1.54) is 12.0 Å². The lowest BCUT2D eigenvalue weighted by Crippen LogP contribution is -2.43. The predicted molar refractivity (Wildman–Crippen MR) is 90.2 cm³/mol. The van der Waals surface area contributed by atoms with Gasteiger partial charge < -0.3 is 15.3 Å². The van der Waals surface area contributed by atoms with Gasteiger partial charge in [0.05, 0.1) is 22.9 Å². The number of nitrogens with zero attached hydrogens (tertiary/aromatic N) is 1. The van der Waals surface area contributed by atoms with Crippen molar-refractivity contribution in [2.45, 2.75) is 57.7 Å². The molecular formula is C17H27ClN2O. The van der Waals surface area contributed by atoms with E-state index in [2.05, 4.69) is 36.2 Å². The summed E-state index contributed by atoms with van der Waals surface area (Å²) >= 11 is 6.48. The minimum absolute atomic E-state index is 0.174. The van der Waals surface area contributed by atoms with Gasteiger partial charge in [-0.15, -0.1) is 0 Å². The van der Waals surface area contributed by atoms with Crippen LogP contribution in [0.1, 0.15) is 51.1 Å². The molecule has 4 heteroatoms. The highest BCUT2D eigenvalue weighted by atomic mass is 35.5. The number of anilines is 1. The van der Waals surface area contributed by atoms with E-state index in [4.69, 9.17) is 11.6 Å². The van der Waals surface area contributed by atoms with Crippen molar-refractivity contribution < 1.29 is 5.11 Å². The lowest BCUT2D eigenvalue weighted by atomic mass is 9.91. The first kappa shape index (κ1) is 16.6. The Hall–Kier alpha value is -0.770. The number of aliphatic hydroxyl groups excluding tert-OH is 1. The minimum atomic E-state index is -0.250. The van der Waals surface area contributed by atoms with E-state index in [9.17, 15) is 5.11 Å². The smallest absolute Gasteiger partial charge is 0.0743 e. The Morgan fingerprint density at radius 1 is 1.38 bits per heavy atom. The topological polar surface area (TPSA) is 35.5 Å². The summed E-state index contributed by atoms with van der Waals surface area (Å²) < 4.78 is 0. The molecule has 0 heterocycles. The van der Waals surface area contributed by atoms with Gasteiger partial charge in [0.15, 0.2) is 0 Å². The molecule has 0 aliphatic heterocycles. The van der Waals surface area contributed by atoms with E-state index in [0.29, 0.717) is 6.04 Å². The molecule has 3 unspecified atom stereocenters. The molecule has 118 valence electrons. The van der Waals surface area contributed by atoms with Gasteiger partial charge in [0.2, 0.25) is 0 Å². The number of hydrogen-bond donors (Lipinski definition) is 2. The van der Waals surface area contributed by atoms with E-state index in [1.54, 1.807) is 0 Å². The maximum atomic E-state index is 10.2. The molecule has 1 aliphatic rings. The standard InChI is InChI=1S/C17H27ClN2O/c1-4-19-12(2)13-9-10-15(14(18)11-13)20(3)16-7-5-6-8-17(16)21/h9-12,16-17,19,21H,4-8H2,1-3H3. The molecule has 1 saturated carbocycles. The molecule has 0 aromatic heterocycles. The summed E-state index contributed by atoms with van der Waals surface area (Å²) in [5, 5.41) is 14.4. The number of hydrogen-bond acceptors (Lipinski definition) is 3. The average molecular weight is 311 g/mol. The Bertz CT molecular complexity index is 466. The molecule has 3 nitrogen and oxygen atoms in total. The first-order valence-electron chi connectivity index (χ1n) is 7.98. The lowest BCUT2D eigenvalue weighted by molar-refractivity contribution is 0.106. The summed E-state index contributed by atoms with van der Waals surface area (Å²) in [6.07, 6.45) is 3.98. The summed E-state index contributed by atoms with van der Waals surface area (Å²) in [4.78, 5) is 2.15. The van der Waals surface area contributed by atoms with Crippen molar-refractivity contribution >= 4 is 17.3 Å². The Kier molecular flexibility index (Phi) is 5.91. The molecule has 0 radical (unpaired) electrons. The fourth-order valence-corrected chi connectivity index (χ4v) is 3.55. The largest absolute Gasteiger partial charge is 0.391 e. The van der Waals surface area contributed by atoms with Crippen LogP contribution in [0.3, 0.4) is 0 Å². The number of aliphatic hydroxyl groups is 1. The first-order chi connectivity index (χ1) is 10.0. The number of nitrogens with one attached hydrogen (secondary N) is 1. The van der Waals surface area contributed by atoms with Gasteiger partial charge in [-0.25, -0.2) is 0 Å². The van der Waals surface area contributed by atoms with E-state index in [-0.39, 0.29) is 12.1 Å². The van der Waals surface area contributed by atoms with Gasteiger partial charge >= 0.3 is 0 Å². The van der Waals surface area contributed by atoms with Crippen LogP contribution in [-0.2, 0) is 0 Å². The molecule has 1 fully saturated rings. The van der Waals surface area contributed by atoms with Gasteiger partial charge in [-0.05, 0) is 44.0 Å². The molecule has 2 rings (SSSR count). The Morgan fingerprint density at radius 3 is 2.71 bits per heavy atom. The van der Waals surface area contributed by atoms with Crippen molar-refractivity contribution in [3.63, 3.8) is 0 Å². The second-order valence-corrected chi connectivity index (χ2v) is 6.43. The Labute approximate surface area is 133 Å². The summed E-state index contributed by atoms with van der Waals surface area (Å²) in [5.41, 5.74) is 2.21. The summed E-state index contributed by atoms with van der Waals surface area (Å²) in [5.74, 6) is 0. The molecule has 0 saturated heterocycles. The van der Waals surface area contributed by atoms with Crippen LogP contribution in [0.4, 0.5) is 5.69 Å². The van der Waals surface area contributed by atoms with Crippen LogP contribution in [-0.4, -0.2) is 30.8 Å². The highest BCUT2D eigenvalue weighted by Gasteiger charge is 2.27. The first-order valence-corrected chi connectivity index (χ1v) is 8.36. The SMILES string of the molecule is CCNC(C)c1ccc(N(C)C2CCCCC2O)c(Cl)c1. The molecular weight excluding hydrogens is 284 g/mol. The van der Waals surface area contributed by atoms with Crippen LogP contribution in [0.5, 0.6) is 0 Å². The van der Waals surface area contributed by atoms with Crippen molar-refractivity contribution in [3.8, 4) is 0 Å². The zero-order valence-corrected chi connectivity index (χ0v) is 14.0. The van der Waals surface area contributed by atoms with Crippen LogP contribution < -0.4 is 10.2 Å². The molecule has 1 aromatic rings.